The molecule has 1 N–H and O–H groups in total. The number of amides is 1. The second-order valence-corrected chi connectivity index (χ2v) is 6.37. The molecule has 0 aliphatic carbocycles. The van der Waals surface area contributed by atoms with Crippen molar-refractivity contribution >= 4 is 29.2 Å². The second kappa shape index (κ2) is 7.59. The van der Waals surface area contributed by atoms with Crippen molar-refractivity contribution in [1.29, 1.82) is 0 Å². The molecule has 1 aromatic carbocycles. The van der Waals surface area contributed by atoms with Gasteiger partial charge < -0.3 is 19.7 Å². The summed E-state index contributed by atoms with van der Waals surface area (Å²) in [5, 5.41) is 3.13. The predicted molar refractivity (Wildman–Crippen MR) is 107 cm³/mol. The van der Waals surface area contributed by atoms with Crippen LogP contribution in [0.3, 0.4) is 0 Å². The van der Waals surface area contributed by atoms with Crippen LogP contribution in [0.1, 0.15) is 26.4 Å². The summed E-state index contributed by atoms with van der Waals surface area (Å²) in [6.07, 6.45) is 1.62. The smallest absolute Gasteiger partial charge is 0.337 e. The Morgan fingerprint density at radius 2 is 2.00 bits per heavy atom. The van der Waals surface area contributed by atoms with Crippen LogP contribution in [0.4, 0.5) is 17.3 Å². The zero-order valence-electron chi connectivity index (χ0n) is 15.9. The van der Waals surface area contributed by atoms with Crippen molar-refractivity contribution < 1.29 is 19.1 Å². The molecule has 146 valence electrons. The van der Waals surface area contributed by atoms with Gasteiger partial charge in [0.2, 0.25) is 0 Å². The van der Waals surface area contributed by atoms with Crippen molar-refractivity contribution in [3.05, 3.63) is 71.5 Å². The zero-order chi connectivity index (χ0) is 20.4. The number of carbonyl (C=O) groups is 2. The van der Waals surface area contributed by atoms with E-state index in [0.717, 1.165) is 0 Å². The Hall–Kier alpha value is -3.94. The molecule has 8 heteroatoms. The SMILES string of the molecule is COC(=O)c1cccc(OCc2ccc3c(n2)Nc2ncccc2C(=O)N3C)c1. The number of fused-ring (bicyclic) bond motifs is 2. The molecule has 0 fully saturated rings. The van der Waals surface area contributed by atoms with Gasteiger partial charge in [-0.2, -0.15) is 0 Å². The summed E-state index contributed by atoms with van der Waals surface area (Å²) in [6, 6.07) is 13.8. The maximum atomic E-state index is 12.7. The van der Waals surface area contributed by atoms with Gasteiger partial charge in [-0.1, -0.05) is 6.07 Å². The first kappa shape index (κ1) is 18.4. The molecule has 0 spiro atoms. The number of pyridine rings is 2. The normalized spacial score (nSPS) is 12.3. The number of aromatic nitrogens is 2. The predicted octanol–water partition coefficient (Wildman–Crippen LogP) is 3.18. The van der Waals surface area contributed by atoms with E-state index < -0.39 is 5.97 Å². The molecule has 0 radical (unpaired) electrons. The molecule has 0 saturated carbocycles. The summed E-state index contributed by atoms with van der Waals surface area (Å²) in [4.78, 5) is 34.7. The number of anilines is 3. The van der Waals surface area contributed by atoms with Gasteiger partial charge in [-0.05, 0) is 42.5 Å². The van der Waals surface area contributed by atoms with E-state index in [0.29, 0.717) is 39.9 Å². The highest BCUT2D eigenvalue weighted by atomic mass is 16.5. The standard InChI is InChI=1S/C21H18N4O4/c1-25-17-9-8-14(12-29-15-6-3-5-13(11-15)21(27)28-2)23-19(17)24-18-16(20(25)26)7-4-10-22-18/h3-11H,12H2,1-2H3,(H,22,23,24). The van der Waals surface area contributed by atoms with E-state index in [-0.39, 0.29) is 12.5 Å². The number of rotatable bonds is 4. The Bertz CT molecular complexity index is 1100. The van der Waals surface area contributed by atoms with Crippen LogP contribution in [0.25, 0.3) is 0 Å². The molecule has 8 nitrogen and oxygen atoms in total. The minimum atomic E-state index is -0.429. The van der Waals surface area contributed by atoms with Crippen molar-refractivity contribution in [3.8, 4) is 5.75 Å². The number of ether oxygens (including phenoxy) is 2. The molecule has 29 heavy (non-hydrogen) atoms. The van der Waals surface area contributed by atoms with Gasteiger partial charge in [0, 0.05) is 13.2 Å². The average molecular weight is 390 g/mol. The van der Waals surface area contributed by atoms with E-state index in [1.165, 1.54) is 12.0 Å². The van der Waals surface area contributed by atoms with Crippen LogP contribution in [0.5, 0.6) is 5.75 Å². The van der Waals surface area contributed by atoms with Crippen LogP contribution in [0.15, 0.2) is 54.7 Å². The summed E-state index contributed by atoms with van der Waals surface area (Å²) < 4.78 is 10.5. The first-order valence-electron chi connectivity index (χ1n) is 8.88. The van der Waals surface area contributed by atoms with Crippen LogP contribution in [-0.2, 0) is 11.3 Å². The summed E-state index contributed by atoms with van der Waals surface area (Å²) >= 11 is 0. The molecule has 0 bridgehead atoms. The Kier molecular flexibility index (Phi) is 4.82. The third-order valence-electron chi connectivity index (χ3n) is 4.51. The van der Waals surface area contributed by atoms with Crippen LogP contribution in [0.2, 0.25) is 0 Å². The molecular formula is C21H18N4O4. The third kappa shape index (κ3) is 3.60. The number of nitrogens with one attached hydrogen (secondary N) is 1. The fraction of sp³-hybridized carbons (Fsp3) is 0.143. The van der Waals surface area contributed by atoms with Gasteiger partial charge in [0.1, 0.15) is 18.2 Å². The number of hydrogen-bond donors (Lipinski definition) is 1. The highest BCUT2D eigenvalue weighted by Gasteiger charge is 2.25. The number of methoxy groups -OCH3 is 1. The first-order valence-corrected chi connectivity index (χ1v) is 8.88. The van der Waals surface area contributed by atoms with Crippen LogP contribution < -0.4 is 15.0 Å². The first-order chi connectivity index (χ1) is 14.1. The van der Waals surface area contributed by atoms with E-state index in [1.54, 1.807) is 55.7 Å². The summed E-state index contributed by atoms with van der Waals surface area (Å²) in [5.74, 6) is 0.908. The molecule has 1 aliphatic rings. The third-order valence-corrected chi connectivity index (χ3v) is 4.51. The van der Waals surface area contributed by atoms with Gasteiger partial charge in [0.05, 0.1) is 29.6 Å². The lowest BCUT2D eigenvalue weighted by Crippen LogP contribution is -2.25. The van der Waals surface area contributed by atoms with Gasteiger partial charge in [0.25, 0.3) is 5.91 Å². The van der Waals surface area contributed by atoms with Crippen LogP contribution in [0, 0.1) is 0 Å². The summed E-state index contributed by atoms with van der Waals surface area (Å²) in [6.45, 7) is 0.187. The van der Waals surface area contributed by atoms with Gasteiger partial charge in [-0.15, -0.1) is 0 Å². The molecule has 3 heterocycles. The van der Waals surface area contributed by atoms with Crippen LogP contribution in [-0.4, -0.2) is 36.0 Å². The van der Waals surface area contributed by atoms with Crippen molar-refractivity contribution in [2.24, 2.45) is 0 Å². The minimum absolute atomic E-state index is 0.162. The van der Waals surface area contributed by atoms with Gasteiger partial charge in [-0.25, -0.2) is 14.8 Å². The molecule has 3 aromatic rings. The lowest BCUT2D eigenvalue weighted by molar-refractivity contribution is 0.0600. The molecule has 2 aromatic heterocycles. The zero-order valence-corrected chi connectivity index (χ0v) is 15.9. The quantitative estimate of drug-likeness (QED) is 0.684. The molecule has 1 aliphatic heterocycles. The molecule has 4 rings (SSSR count). The Balaban J connectivity index is 1.57. The van der Waals surface area contributed by atoms with E-state index in [1.807, 2.05) is 6.07 Å². The second-order valence-electron chi connectivity index (χ2n) is 6.37. The maximum absolute atomic E-state index is 12.7. The molecule has 0 atom stereocenters. The Morgan fingerprint density at radius 3 is 2.83 bits per heavy atom. The molecule has 0 saturated heterocycles. The average Bonchev–Trinajstić information content (AvgIpc) is 2.86. The summed E-state index contributed by atoms with van der Waals surface area (Å²) in [7, 11) is 3.03. The van der Waals surface area contributed by atoms with Crippen molar-refractivity contribution in [2.75, 3.05) is 24.4 Å². The number of carbonyl (C=O) groups excluding carboxylic acids is 2. The van der Waals surface area contributed by atoms with E-state index in [9.17, 15) is 9.59 Å². The number of esters is 1. The van der Waals surface area contributed by atoms with E-state index in [4.69, 9.17) is 9.47 Å². The van der Waals surface area contributed by atoms with E-state index >= 15 is 0 Å². The van der Waals surface area contributed by atoms with Gasteiger partial charge in [-0.3, -0.25) is 4.79 Å². The van der Waals surface area contributed by atoms with E-state index in [2.05, 4.69) is 15.3 Å². The Morgan fingerprint density at radius 1 is 1.14 bits per heavy atom. The topological polar surface area (TPSA) is 93.6 Å². The number of hydrogen-bond acceptors (Lipinski definition) is 7. The van der Waals surface area contributed by atoms with Gasteiger partial charge >= 0.3 is 5.97 Å². The minimum Gasteiger partial charge on any atom is -0.487 e. The Labute approximate surface area is 167 Å². The van der Waals surface area contributed by atoms with Crippen molar-refractivity contribution in [1.82, 2.24) is 9.97 Å². The fourth-order valence-electron chi connectivity index (χ4n) is 3.00. The molecule has 0 unspecified atom stereocenters. The van der Waals surface area contributed by atoms with Crippen molar-refractivity contribution in [3.63, 3.8) is 0 Å². The largest absolute Gasteiger partial charge is 0.487 e. The van der Waals surface area contributed by atoms with Crippen molar-refractivity contribution in [2.45, 2.75) is 6.61 Å². The van der Waals surface area contributed by atoms with Crippen LogP contribution >= 0.6 is 0 Å². The molecular weight excluding hydrogens is 372 g/mol. The van der Waals surface area contributed by atoms with Gasteiger partial charge in [0.15, 0.2) is 5.82 Å². The summed E-state index contributed by atoms with van der Waals surface area (Å²) in [5.41, 5.74) is 2.18. The number of nitrogens with zero attached hydrogens (tertiary/aromatic N) is 3. The number of benzene rings is 1. The highest BCUT2D eigenvalue weighted by molar-refractivity contribution is 6.12. The highest BCUT2D eigenvalue weighted by Crippen LogP contribution is 2.32. The fourth-order valence-corrected chi connectivity index (χ4v) is 3.00. The lowest BCUT2D eigenvalue weighted by Gasteiger charge is -2.17. The maximum Gasteiger partial charge on any atom is 0.337 e. The lowest BCUT2D eigenvalue weighted by atomic mass is 10.2. The molecule has 1 amide bonds. The monoisotopic (exact) mass is 390 g/mol.